The van der Waals surface area contributed by atoms with Crippen LogP contribution in [0, 0.1) is 5.82 Å². The van der Waals surface area contributed by atoms with E-state index in [1.54, 1.807) is 12.1 Å². The number of aromatic nitrogens is 3. The van der Waals surface area contributed by atoms with Crippen LogP contribution in [0.3, 0.4) is 0 Å². The van der Waals surface area contributed by atoms with Crippen LogP contribution in [-0.2, 0) is 12.3 Å². The minimum Gasteiger partial charge on any atom is -0.306 e. The Morgan fingerprint density at radius 3 is 2.85 bits per heavy atom. The highest BCUT2D eigenvalue weighted by atomic mass is 35.5. The van der Waals surface area contributed by atoms with Crippen molar-refractivity contribution in [3.63, 3.8) is 0 Å². The maximum Gasteiger partial charge on any atom is 0.191 e. The zero-order valence-corrected chi connectivity index (χ0v) is 12.7. The molecule has 0 aliphatic heterocycles. The molecule has 0 saturated heterocycles. The molecule has 1 heterocycles. The van der Waals surface area contributed by atoms with Crippen molar-refractivity contribution in [3.8, 4) is 0 Å². The van der Waals surface area contributed by atoms with Crippen LogP contribution in [0.5, 0.6) is 0 Å². The summed E-state index contributed by atoms with van der Waals surface area (Å²) >= 11 is 7.52. The molecule has 1 saturated carbocycles. The Balaban J connectivity index is 1.78. The Bertz CT molecular complexity index is 605. The van der Waals surface area contributed by atoms with Gasteiger partial charge in [0.1, 0.15) is 11.6 Å². The highest BCUT2D eigenvalue weighted by Gasteiger charge is 2.30. The summed E-state index contributed by atoms with van der Waals surface area (Å²) < 4.78 is 15.9. The van der Waals surface area contributed by atoms with E-state index < -0.39 is 0 Å². The summed E-state index contributed by atoms with van der Waals surface area (Å²) in [7, 11) is 0. The lowest BCUT2D eigenvalue weighted by molar-refractivity contribution is 0.616. The van der Waals surface area contributed by atoms with Gasteiger partial charge in [-0.1, -0.05) is 29.4 Å². The third-order valence-corrected chi connectivity index (χ3v) is 4.76. The molecule has 1 aliphatic carbocycles. The number of halogens is 2. The van der Waals surface area contributed by atoms with Crippen molar-refractivity contribution in [2.75, 3.05) is 0 Å². The third-order valence-electron chi connectivity index (χ3n) is 3.41. The maximum atomic E-state index is 13.7. The van der Waals surface area contributed by atoms with Gasteiger partial charge in [0.15, 0.2) is 5.16 Å². The first-order chi connectivity index (χ1) is 9.70. The van der Waals surface area contributed by atoms with Crippen LogP contribution in [0.25, 0.3) is 0 Å². The van der Waals surface area contributed by atoms with Crippen LogP contribution in [0.15, 0.2) is 23.4 Å². The van der Waals surface area contributed by atoms with E-state index in [2.05, 4.69) is 21.7 Å². The molecule has 1 aliphatic rings. The molecule has 0 bridgehead atoms. The van der Waals surface area contributed by atoms with Crippen LogP contribution in [0.1, 0.15) is 37.1 Å². The van der Waals surface area contributed by atoms with Crippen molar-refractivity contribution in [1.82, 2.24) is 14.8 Å². The smallest absolute Gasteiger partial charge is 0.191 e. The number of rotatable bonds is 5. The maximum absolute atomic E-state index is 13.7. The Morgan fingerprint density at radius 2 is 2.20 bits per heavy atom. The SMILES string of the molecule is CCn1c(SCc2c(F)cccc2Cl)nnc1C1CC1. The second kappa shape index (κ2) is 5.74. The molecule has 0 N–H and O–H groups in total. The average Bonchev–Trinajstić information content (AvgIpc) is 3.19. The lowest BCUT2D eigenvalue weighted by atomic mass is 10.2. The number of hydrogen-bond acceptors (Lipinski definition) is 3. The first kappa shape index (κ1) is 13.9. The molecule has 2 aromatic rings. The largest absolute Gasteiger partial charge is 0.306 e. The summed E-state index contributed by atoms with van der Waals surface area (Å²) in [4.78, 5) is 0. The fourth-order valence-electron chi connectivity index (χ4n) is 2.15. The quantitative estimate of drug-likeness (QED) is 0.773. The Labute approximate surface area is 126 Å². The van der Waals surface area contributed by atoms with E-state index in [1.807, 2.05) is 0 Å². The summed E-state index contributed by atoms with van der Waals surface area (Å²) in [5.41, 5.74) is 0.526. The van der Waals surface area contributed by atoms with Crippen LogP contribution in [0.2, 0.25) is 5.02 Å². The summed E-state index contributed by atoms with van der Waals surface area (Å²) in [6, 6.07) is 4.76. The molecule has 1 aromatic carbocycles. The fraction of sp³-hybridized carbons (Fsp3) is 0.429. The first-order valence-electron chi connectivity index (χ1n) is 6.69. The zero-order valence-electron chi connectivity index (χ0n) is 11.1. The molecule has 1 aromatic heterocycles. The van der Waals surface area contributed by atoms with Gasteiger partial charge in [-0.25, -0.2) is 4.39 Å². The minimum absolute atomic E-state index is 0.269. The summed E-state index contributed by atoms with van der Waals surface area (Å²) in [5, 5.41) is 9.81. The summed E-state index contributed by atoms with van der Waals surface area (Å²) in [6.45, 7) is 2.92. The molecule has 106 valence electrons. The van der Waals surface area contributed by atoms with Crippen LogP contribution < -0.4 is 0 Å². The van der Waals surface area contributed by atoms with Gasteiger partial charge in [-0.15, -0.1) is 10.2 Å². The first-order valence-corrected chi connectivity index (χ1v) is 8.05. The molecule has 1 fully saturated rings. The number of hydrogen-bond donors (Lipinski definition) is 0. The summed E-state index contributed by atoms with van der Waals surface area (Å²) in [6.07, 6.45) is 2.39. The molecule has 0 unspecified atom stereocenters. The van der Waals surface area contributed by atoms with Gasteiger partial charge in [-0.05, 0) is 31.9 Å². The predicted octanol–water partition coefficient (Wildman–Crippen LogP) is 4.26. The highest BCUT2D eigenvalue weighted by molar-refractivity contribution is 7.98. The topological polar surface area (TPSA) is 30.7 Å². The Hall–Kier alpha value is -1.07. The minimum atomic E-state index is -0.269. The van der Waals surface area contributed by atoms with Gasteiger partial charge < -0.3 is 4.57 Å². The second-order valence-electron chi connectivity index (χ2n) is 4.85. The highest BCUT2D eigenvalue weighted by Crippen LogP contribution is 2.40. The van der Waals surface area contributed by atoms with Gasteiger partial charge in [-0.2, -0.15) is 0 Å². The van der Waals surface area contributed by atoms with Crippen molar-refractivity contribution >= 4 is 23.4 Å². The van der Waals surface area contributed by atoms with E-state index in [4.69, 9.17) is 11.6 Å². The Kier molecular flexibility index (Phi) is 3.98. The number of nitrogens with zero attached hydrogens (tertiary/aromatic N) is 3. The molecule has 3 nitrogen and oxygen atoms in total. The molecule has 0 radical (unpaired) electrons. The number of benzene rings is 1. The van der Waals surface area contributed by atoms with E-state index in [0.29, 0.717) is 22.3 Å². The standard InChI is InChI=1S/C14H15ClFN3S/c1-2-19-13(9-6-7-9)17-18-14(19)20-8-10-11(15)4-3-5-12(10)16/h3-5,9H,2,6-8H2,1H3. The van der Waals surface area contributed by atoms with Gasteiger partial charge in [0.2, 0.25) is 0 Å². The lowest BCUT2D eigenvalue weighted by Gasteiger charge is -2.08. The van der Waals surface area contributed by atoms with Crippen molar-refractivity contribution in [2.24, 2.45) is 0 Å². The average molecular weight is 312 g/mol. The van der Waals surface area contributed by atoms with E-state index in [9.17, 15) is 4.39 Å². The molecular formula is C14H15ClFN3S. The van der Waals surface area contributed by atoms with Gasteiger partial charge in [0.25, 0.3) is 0 Å². The zero-order chi connectivity index (χ0) is 14.1. The third kappa shape index (κ3) is 2.69. The fourth-order valence-corrected chi connectivity index (χ4v) is 3.51. The Morgan fingerprint density at radius 1 is 1.40 bits per heavy atom. The van der Waals surface area contributed by atoms with E-state index in [-0.39, 0.29) is 5.82 Å². The molecule has 0 amide bonds. The van der Waals surface area contributed by atoms with Crippen LogP contribution in [0.4, 0.5) is 4.39 Å². The molecular weight excluding hydrogens is 297 g/mol. The number of thioether (sulfide) groups is 1. The van der Waals surface area contributed by atoms with Crippen molar-refractivity contribution < 1.29 is 4.39 Å². The van der Waals surface area contributed by atoms with Crippen molar-refractivity contribution in [3.05, 3.63) is 40.4 Å². The van der Waals surface area contributed by atoms with Crippen molar-refractivity contribution in [1.29, 1.82) is 0 Å². The van der Waals surface area contributed by atoms with E-state index in [0.717, 1.165) is 17.5 Å². The van der Waals surface area contributed by atoms with Gasteiger partial charge >= 0.3 is 0 Å². The van der Waals surface area contributed by atoms with Crippen LogP contribution >= 0.6 is 23.4 Å². The molecule has 6 heteroatoms. The summed E-state index contributed by atoms with van der Waals surface area (Å²) in [5.74, 6) is 1.83. The second-order valence-corrected chi connectivity index (χ2v) is 6.20. The van der Waals surface area contributed by atoms with Gasteiger partial charge in [-0.3, -0.25) is 0 Å². The normalized spacial score (nSPS) is 14.8. The predicted molar refractivity (Wildman–Crippen MR) is 78.6 cm³/mol. The van der Waals surface area contributed by atoms with Gasteiger partial charge in [0.05, 0.1) is 0 Å². The molecule has 20 heavy (non-hydrogen) atoms. The van der Waals surface area contributed by atoms with Crippen molar-refractivity contribution in [2.45, 2.75) is 43.1 Å². The lowest BCUT2D eigenvalue weighted by Crippen LogP contribution is -2.02. The van der Waals surface area contributed by atoms with Crippen LogP contribution in [-0.4, -0.2) is 14.8 Å². The van der Waals surface area contributed by atoms with E-state index >= 15 is 0 Å². The molecule has 3 rings (SSSR count). The molecule has 0 atom stereocenters. The van der Waals surface area contributed by atoms with Gasteiger partial charge in [0, 0.05) is 28.8 Å². The monoisotopic (exact) mass is 311 g/mol. The molecule has 0 spiro atoms. The van der Waals surface area contributed by atoms with E-state index in [1.165, 1.54) is 30.7 Å².